The topological polar surface area (TPSA) is 36.3 Å². The van der Waals surface area contributed by atoms with Crippen LogP contribution in [0.2, 0.25) is 0 Å². The van der Waals surface area contributed by atoms with Gasteiger partial charge in [0.1, 0.15) is 17.9 Å². The van der Waals surface area contributed by atoms with Crippen LogP contribution in [0.25, 0.3) is 11.0 Å². The molecule has 0 atom stereocenters. The molecule has 0 saturated heterocycles. The summed E-state index contributed by atoms with van der Waals surface area (Å²) in [6.07, 6.45) is 1.76. The van der Waals surface area contributed by atoms with E-state index in [2.05, 4.69) is 39.3 Å². The van der Waals surface area contributed by atoms with Gasteiger partial charge >= 0.3 is 0 Å². The number of halogens is 3. The lowest BCUT2D eigenvalue weighted by Crippen LogP contribution is -2.07. The Morgan fingerprint density at radius 2 is 1.88 bits per heavy atom. The van der Waals surface area contributed by atoms with E-state index in [1.807, 2.05) is 0 Å². The molecule has 0 unspecified atom stereocenters. The van der Waals surface area contributed by atoms with Gasteiger partial charge in [0.2, 0.25) is 0 Å². The van der Waals surface area contributed by atoms with Crippen molar-refractivity contribution in [3.63, 3.8) is 0 Å². The molecule has 0 fully saturated rings. The zero-order chi connectivity index (χ0) is 18.0. The Hall–Kier alpha value is -1.63. The van der Waals surface area contributed by atoms with E-state index in [4.69, 9.17) is 9.47 Å². The maximum Gasteiger partial charge on any atom is 0.161 e. The van der Waals surface area contributed by atoms with Crippen molar-refractivity contribution < 1.29 is 13.9 Å². The van der Waals surface area contributed by atoms with Crippen molar-refractivity contribution in [1.29, 1.82) is 0 Å². The van der Waals surface area contributed by atoms with Crippen molar-refractivity contribution >= 4 is 39.4 Å². The molecular formula is C19H21BrClFN2O2. The number of hydrogen-bond acceptors (Lipinski definition) is 3. The number of aryl methyl sites for hydroxylation is 1. The second-order valence-corrected chi connectivity index (χ2v) is 6.76. The van der Waals surface area contributed by atoms with E-state index in [9.17, 15) is 4.39 Å². The largest absolute Gasteiger partial charge is 0.485 e. The summed E-state index contributed by atoms with van der Waals surface area (Å²) >= 11 is 3.55. The first kappa shape index (κ1) is 20.7. The Balaban J connectivity index is 0.00000243. The smallest absolute Gasteiger partial charge is 0.161 e. The summed E-state index contributed by atoms with van der Waals surface area (Å²) < 4.78 is 27.4. The Bertz CT molecular complexity index is 897. The van der Waals surface area contributed by atoms with Crippen LogP contribution in [-0.2, 0) is 17.9 Å². The Kier molecular flexibility index (Phi) is 7.03. The molecule has 0 bridgehead atoms. The van der Waals surface area contributed by atoms with Gasteiger partial charge in [0, 0.05) is 25.5 Å². The predicted octanol–water partition coefficient (Wildman–Crippen LogP) is 5.20. The number of methoxy groups -OCH3 is 1. The molecule has 3 rings (SSSR count). The summed E-state index contributed by atoms with van der Waals surface area (Å²) in [5, 5.41) is 0. The second-order valence-electron chi connectivity index (χ2n) is 5.90. The summed E-state index contributed by atoms with van der Waals surface area (Å²) in [7, 11) is 1.69. The highest BCUT2D eigenvalue weighted by Gasteiger charge is 2.19. The van der Waals surface area contributed by atoms with Gasteiger partial charge in [-0.1, -0.05) is 12.1 Å². The molecule has 0 spiro atoms. The van der Waals surface area contributed by atoms with Crippen LogP contribution >= 0.6 is 28.3 Å². The summed E-state index contributed by atoms with van der Waals surface area (Å²) in [5.41, 5.74) is 5.05. The number of fused-ring (bicyclic) bond motifs is 1. The number of nitrogens with zero attached hydrogens (tertiary/aromatic N) is 2. The molecule has 0 aliphatic heterocycles. The van der Waals surface area contributed by atoms with Crippen LogP contribution in [0.1, 0.15) is 16.8 Å². The summed E-state index contributed by atoms with van der Waals surface area (Å²) in [6.45, 7) is 5.81. The molecule has 0 amide bonds. The Morgan fingerprint density at radius 1 is 1.19 bits per heavy atom. The standard InChI is InChI=1S/C19H20BrFN2O2.ClH/c1-12-13(2)23(8-9-24-3)18-17(12)22-10-16(20)19(18)25-11-14-4-6-15(21)7-5-14;/h4-7,10H,8-9,11H2,1-3H3;1H. The molecule has 0 N–H and O–H groups in total. The zero-order valence-corrected chi connectivity index (χ0v) is 17.3. The first-order valence-corrected chi connectivity index (χ1v) is 8.82. The molecule has 1 aromatic carbocycles. The number of pyridine rings is 1. The van der Waals surface area contributed by atoms with Gasteiger partial charge < -0.3 is 14.0 Å². The van der Waals surface area contributed by atoms with Crippen LogP contribution in [0, 0.1) is 19.7 Å². The third kappa shape index (κ3) is 4.03. The van der Waals surface area contributed by atoms with Crippen molar-refractivity contribution in [3.05, 3.63) is 57.6 Å². The number of hydrogen-bond donors (Lipinski definition) is 0. The molecule has 2 heterocycles. The maximum absolute atomic E-state index is 13.1. The molecular weight excluding hydrogens is 423 g/mol. The second kappa shape index (κ2) is 8.84. The first-order chi connectivity index (χ1) is 12.0. The lowest BCUT2D eigenvalue weighted by molar-refractivity contribution is 0.187. The molecule has 0 radical (unpaired) electrons. The maximum atomic E-state index is 13.1. The average Bonchev–Trinajstić information content (AvgIpc) is 2.85. The average molecular weight is 444 g/mol. The van der Waals surface area contributed by atoms with Gasteiger partial charge in [-0.2, -0.15) is 0 Å². The zero-order valence-electron chi connectivity index (χ0n) is 14.9. The van der Waals surface area contributed by atoms with Crippen molar-refractivity contribution in [3.8, 4) is 5.75 Å². The van der Waals surface area contributed by atoms with Gasteiger partial charge in [-0.3, -0.25) is 4.98 Å². The van der Waals surface area contributed by atoms with Gasteiger partial charge in [0.05, 0.1) is 16.6 Å². The predicted molar refractivity (Wildman–Crippen MR) is 107 cm³/mol. The van der Waals surface area contributed by atoms with Crippen molar-refractivity contribution in [2.45, 2.75) is 27.0 Å². The normalized spacial score (nSPS) is 10.8. The lowest BCUT2D eigenvalue weighted by Gasteiger charge is -2.13. The molecule has 0 aliphatic carbocycles. The van der Waals surface area contributed by atoms with Gasteiger partial charge in [-0.25, -0.2) is 4.39 Å². The number of ether oxygens (including phenoxy) is 2. The van der Waals surface area contributed by atoms with E-state index >= 15 is 0 Å². The minimum atomic E-state index is -0.254. The number of rotatable bonds is 6. The summed E-state index contributed by atoms with van der Waals surface area (Å²) in [4.78, 5) is 4.56. The fourth-order valence-electron chi connectivity index (χ4n) is 2.86. The fraction of sp³-hybridized carbons (Fsp3) is 0.316. The minimum Gasteiger partial charge on any atom is -0.485 e. The van der Waals surface area contributed by atoms with E-state index in [-0.39, 0.29) is 18.2 Å². The summed E-state index contributed by atoms with van der Waals surface area (Å²) in [6, 6.07) is 6.32. The molecule has 0 saturated carbocycles. The Morgan fingerprint density at radius 3 is 2.54 bits per heavy atom. The molecule has 2 aromatic heterocycles. The quantitative estimate of drug-likeness (QED) is 0.525. The minimum absolute atomic E-state index is 0. The summed E-state index contributed by atoms with van der Waals surface area (Å²) in [5.74, 6) is 0.484. The van der Waals surface area contributed by atoms with E-state index in [0.29, 0.717) is 13.2 Å². The first-order valence-electron chi connectivity index (χ1n) is 8.03. The van der Waals surface area contributed by atoms with Gasteiger partial charge in [0.25, 0.3) is 0 Å². The molecule has 26 heavy (non-hydrogen) atoms. The molecule has 4 nitrogen and oxygen atoms in total. The Labute approximate surface area is 166 Å². The van der Waals surface area contributed by atoms with Crippen LogP contribution in [0.3, 0.4) is 0 Å². The molecule has 3 aromatic rings. The van der Waals surface area contributed by atoms with Crippen LogP contribution in [0.5, 0.6) is 5.75 Å². The third-order valence-corrected chi connectivity index (χ3v) is 4.92. The van der Waals surface area contributed by atoms with E-state index in [1.165, 1.54) is 12.1 Å². The molecule has 140 valence electrons. The highest BCUT2D eigenvalue weighted by Crippen LogP contribution is 2.36. The van der Waals surface area contributed by atoms with E-state index in [0.717, 1.165) is 44.6 Å². The van der Waals surface area contributed by atoms with Crippen molar-refractivity contribution in [1.82, 2.24) is 9.55 Å². The van der Waals surface area contributed by atoms with Gasteiger partial charge in [0.15, 0.2) is 5.75 Å². The van der Waals surface area contributed by atoms with E-state index < -0.39 is 0 Å². The fourth-order valence-corrected chi connectivity index (χ4v) is 3.27. The van der Waals surface area contributed by atoms with Gasteiger partial charge in [-0.05, 0) is 53.0 Å². The molecule has 7 heteroatoms. The highest BCUT2D eigenvalue weighted by molar-refractivity contribution is 9.10. The SMILES string of the molecule is COCCn1c(C)c(C)c2ncc(Br)c(OCc3ccc(F)cc3)c21.Cl. The van der Waals surface area contributed by atoms with Gasteiger partial charge in [-0.15, -0.1) is 12.4 Å². The number of aromatic nitrogens is 2. The third-order valence-electron chi connectivity index (χ3n) is 4.35. The number of benzene rings is 1. The van der Waals surface area contributed by atoms with Crippen LogP contribution in [0.15, 0.2) is 34.9 Å². The monoisotopic (exact) mass is 442 g/mol. The van der Waals surface area contributed by atoms with Crippen LogP contribution in [0.4, 0.5) is 4.39 Å². The van der Waals surface area contributed by atoms with Crippen LogP contribution < -0.4 is 4.74 Å². The van der Waals surface area contributed by atoms with Crippen molar-refractivity contribution in [2.75, 3.05) is 13.7 Å². The molecule has 0 aliphatic rings. The lowest BCUT2D eigenvalue weighted by atomic mass is 10.2. The van der Waals surface area contributed by atoms with E-state index in [1.54, 1.807) is 25.4 Å². The van der Waals surface area contributed by atoms with Crippen LogP contribution in [-0.4, -0.2) is 23.3 Å². The van der Waals surface area contributed by atoms with Crippen molar-refractivity contribution in [2.24, 2.45) is 0 Å². The highest BCUT2D eigenvalue weighted by atomic mass is 79.9.